The first-order valence-corrected chi connectivity index (χ1v) is 7.46. The molecule has 0 saturated heterocycles. The maximum absolute atomic E-state index is 3.88. The zero-order valence-electron chi connectivity index (χ0n) is 13.3. The summed E-state index contributed by atoms with van der Waals surface area (Å²) in [4.78, 5) is 2.43. The largest absolute Gasteiger partial charge is 0.286 e. The van der Waals surface area contributed by atoms with Crippen molar-refractivity contribution in [3.8, 4) is 11.8 Å². The third-order valence-electron chi connectivity index (χ3n) is 3.13. The van der Waals surface area contributed by atoms with Crippen LogP contribution in [0.1, 0.15) is 33.3 Å². The van der Waals surface area contributed by atoms with E-state index in [4.69, 9.17) is 0 Å². The van der Waals surface area contributed by atoms with Crippen molar-refractivity contribution in [1.82, 2.24) is 4.90 Å². The highest BCUT2D eigenvalue weighted by molar-refractivity contribution is 5.35. The van der Waals surface area contributed by atoms with Crippen LogP contribution in [0.25, 0.3) is 0 Å². The van der Waals surface area contributed by atoms with Crippen molar-refractivity contribution in [2.45, 2.75) is 33.7 Å². The van der Waals surface area contributed by atoms with Crippen molar-refractivity contribution in [3.05, 3.63) is 48.6 Å². The van der Waals surface area contributed by atoms with E-state index in [0.717, 1.165) is 18.7 Å². The minimum absolute atomic E-state index is 0.274. The Balaban J connectivity index is 2.91. The molecule has 0 spiro atoms. The fourth-order valence-electron chi connectivity index (χ4n) is 2.29. The number of hydrogen-bond acceptors (Lipinski definition) is 1. The van der Waals surface area contributed by atoms with Crippen molar-refractivity contribution in [1.29, 1.82) is 0 Å². The Bertz CT molecular complexity index is 448. The lowest BCUT2D eigenvalue weighted by Gasteiger charge is -2.31. The van der Waals surface area contributed by atoms with Crippen LogP contribution in [-0.4, -0.2) is 24.0 Å². The Labute approximate surface area is 124 Å². The van der Waals surface area contributed by atoms with Gasteiger partial charge < -0.3 is 0 Å². The van der Waals surface area contributed by atoms with Crippen LogP contribution in [0.2, 0.25) is 0 Å². The van der Waals surface area contributed by atoms with E-state index in [1.54, 1.807) is 0 Å². The fraction of sp³-hybridized carbons (Fsp3) is 0.474. The molecular weight excluding hydrogens is 242 g/mol. The molecule has 1 aromatic rings. The molecule has 0 fully saturated rings. The third kappa shape index (κ3) is 5.63. The minimum Gasteiger partial charge on any atom is -0.286 e. The van der Waals surface area contributed by atoms with E-state index in [2.05, 4.69) is 63.1 Å². The van der Waals surface area contributed by atoms with Crippen molar-refractivity contribution in [2.75, 3.05) is 13.1 Å². The lowest BCUT2D eigenvalue weighted by molar-refractivity contribution is 0.195. The van der Waals surface area contributed by atoms with Gasteiger partial charge in [-0.1, -0.05) is 63.8 Å². The smallest absolute Gasteiger partial charge is 0.0744 e. The van der Waals surface area contributed by atoms with Gasteiger partial charge in [-0.3, -0.25) is 4.90 Å². The molecule has 1 heteroatoms. The molecule has 1 aromatic carbocycles. The van der Waals surface area contributed by atoms with E-state index >= 15 is 0 Å². The van der Waals surface area contributed by atoms with E-state index in [1.165, 1.54) is 0 Å². The van der Waals surface area contributed by atoms with Gasteiger partial charge in [0.05, 0.1) is 6.04 Å². The number of benzene rings is 1. The Kier molecular flexibility index (Phi) is 7.12. The highest BCUT2D eigenvalue weighted by Crippen LogP contribution is 2.13. The molecule has 0 aliphatic heterocycles. The van der Waals surface area contributed by atoms with Crippen LogP contribution >= 0.6 is 0 Å². The molecule has 1 nitrogen and oxygen atoms in total. The number of nitrogens with zero attached hydrogens (tertiary/aromatic N) is 1. The summed E-state index contributed by atoms with van der Waals surface area (Å²) in [7, 11) is 0. The Morgan fingerprint density at radius 1 is 1.15 bits per heavy atom. The second-order valence-electron chi connectivity index (χ2n) is 5.96. The first-order chi connectivity index (χ1) is 9.54. The number of rotatable bonds is 6. The lowest BCUT2D eigenvalue weighted by Crippen LogP contribution is -2.40. The van der Waals surface area contributed by atoms with Crippen LogP contribution in [-0.2, 0) is 0 Å². The first kappa shape index (κ1) is 16.5. The van der Waals surface area contributed by atoms with Gasteiger partial charge in [0.15, 0.2) is 0 Å². The molecule has 0 saturated carbocycles. The summed E-state index contributed by atoms with van der Waals surface area (Å²) in [6.45, 7) is 14.8. The standard InChI is InChI=1S/C19H27N/c1-6-14-20(15-16(2)3)19(17(4)5)13-12-18-10-8-7-9-11-18/h6-11,16-17,19H,1,14-15H2,2-5H3. The summed E-state index contributed by atoms with van der Waals surface area (Å²) in [5, 5.41) is 0. The van der Waals surface area contributed by atoms with Gasteiger partial charge in [-0.15, -0.1) is 6.58 Å². The van der Waals surface area contributed by atoms with Crippen LogP contribution < -0.4 is 0 Å². The van der Waals surface area contributed by atoms with Gasteiger partial charge in [0.25, 0.3) is 0 Å². The van der Waals surface area contributed by atoms with Crippen LogP contribution in [0.3, 0.4) is 0 Å². The van der Waals surface area contributed by atoms with E-state index in [1.807, 2.05) is 24.3 Å². The van der Waals surface area contributed by atoms with Gasteiger partial charge >= 0.3 is 0 Å². The molecule has 0 heterocycles. The molecule has 0 aliphatic carbocycles. The molecule has 0 aromatic heterocycles. The molecule has 20 heavy (non-hydrogen) atoms. The second-order valence-corrected chi connectivity index (χ2v) is 5.96. The Morgan fingerprint density at radius 2 is 1.80 bits per heavy atom. The minimum atomic E-state index is 0.274. The molecule has 108 valence electrons. The van der Waals surface area contributed by atoms with Crippen LogP contribution in [0.5, 0.6) is 0 Å². The van der Waals surface area contributed by atoms with E-state index in [-0.39, 0.29) is 6.04 Å². The molecular formula is C19H27N. The highest BCUT2D eigenvalue weighted by Gasteiger charge is 2.19. The van der Waals surface area contributed by atoms with Gasteiger partial charge in [-0.2, -0.15) is 0 Å². The lowest BCUT2D eigenvalue weighted by atomic mass is 10.0. The topological polar surface area (TPSA) is 3.24 Å². The van der Waals surface area contributed by atoms with E-state index in [0.29, 0.717) is 11.8 Å². The summed E-state index contributed by atoms with van der Waals surface area (Å²) < 4.78 is 0. The fourth-order valence-corrected chi connectivity index (χ4v) is 2.29. The summed E-state index contributed by atoms with van der Waals surface area (Å²) in [6.07, 6.45) is 1.97. The maximum atomic E-state index is 3.88. The summed E-state index contributed by atoms with van der Waals surface area (Å²) >= 11 is 0. The average Bonchev–Trinajstić information content (AvgIpc) is 2.39. The van der Waals surface area contributed by atoms with Gasteiger partial charge in [-0.25, -0.2) is 0 Å². The predicted molar refractivity (Wildman–Crippen MR) is 88.6 cm³/mol. The highest BCUT2D eigenvalue weighted by atomic mass is 15.1. The Morgan fingerprint density at radius 3 is 2.30 bits per heavy atom. The van der Waals surface area contributed by atoms with E-state index < -0.39 is 0 Å². The van der Waals surface area contributed by atoms with Crippen LogP contribution in [0, 0.1) is 23.7 Å². The molecule has 0 N–H and O–H groups in total. The van der Waals surface area contributed by atoms with Gasteiger partial charge in [-0.05, 0) is 24.0 Å². The Hall–Kier alpha value is -1.52. The van der Waals surface area contributed by atoms with Crippen molar-refractivity contribution in [3.63, 3.8) is 0 Å². The first-order valence-electron chi connectivity index (χ1n) is 7.46. The normalized spacial score (nSPS) is 12.3. The third-order valence-corrected chi connectivity index (χ3v) is 3.13. The molecule has 1 atom stereocenters. The average molecular weight is 269 g/mol. The van der Waals surface area contributed by atoms with Crippen molar-refractivity contribution < 1.29 is 0 Å². The van der Waals surface area contributed by atoms with Crippen LogP contribution in [0.4, 0.5) is 0 Å². The zero-order chi connectivity index (χ0) is 15.0. The maximum Gasteiger partial charge on any atom is 0.0744 e. The molecule has 0 radical (unpaired) electrons. The van der Waals surface area contributed by atoms with Crippen molar-refractivity contribution in [2.24, 2.45) is 11.8 Å². The summed E-state index contributed by atoms with van der Waals surface area (Å²) in [5.41, 5.74) is 1.08. The van der Waals surface area contributed by atoms with Gasteiger partial charge in [0, 0.05) is 18.7 Å². The quantitative estimate of drug-likeness (QED) is 0.552. The molecule has 1 unspecified atom stereocenters. The molecule has 0 aliphatic rings. The van der Waals surface area contributed by atoms with Gasteiger partial charge in [0.1, 0.15) is 0 Å². The molecule has 1 rings (SSSR count). The predicted octanol–water partition coefficient (Wildman–Crippen LogP) is 4.21. The summed E-state index contributed by atoms with van der Waals surface area (Å²) in [6, 6.07) is 10.5. The zero-order valence-corrected chi connectivity index (χ0v) is 13.3. The molecule has 0 amide bonds. The second kappa shape index (κ2) is 8.61. The number of hydrogen-bond donors (Lipinski definition) is 0. The SMILES string of the molecule is C=CCN(CC(C)C)C(C#Cc1ccccc1)C(C)C. The van der Waals surface area contributed by atoms with E-state index in [9.17, 15) is 0 Å². The van der Waals surface area contributed by atoms with Crippen molar-refractivity contribution >= 4 is 0 Å². The summed E-state index contributed by atoms with van der Waals surface area (Å²) in [5.74, 6) is 7.90. The monoisotopic (exact) mass is 269 g/mol. The van der Waals surface area contributed by atoms with Gasteiger partial charge in [0.2, 0.25) is 0 Å². The molecule has 0 bridgehead atoms. The van der Waals surface area contributed by atoms with Crippen LogP contribution in [0.15, 0.2) is 43.0 Å².